The van der Waals surface area contributed by atoms with Crippen molar-refractivity contribution in [1.29, 1.82) is 0 Å². The van der Waals surface area contributed by atoms with E-state index in [2.05, 4.69) is 11.1 Å². The van der Waals surface area contributed by atoms with Gasteiger partial charge in [-0.1, -0.05) is 12.1 Å². The molecule has 1 aromatic carbocycles. The molecule has 0 radical (unpaired) electrons. The van der Waals surface area contributed by atoms with Crippen molar-refractivity contribution in [2.75, 3.05) is 0 Å². The summed E-state index contributed by atoms with van der Waals surface area (Å²) in [6, 6.07) is 9.02. The Morgan fingerprint density at radius 3 is 2.71 bits per heavy atom. The van der Waals surface area contributed by atoms with Crippen LogP contribution in [0.2, 0.25) is 0 Å². The van der Waals surface area contributed by atoms with Gasteiger partial charge in [-0.25, -0.2) is 4.39 Å². The Kier molecular flexibility index (Phi) is 2.63. The summed E-state index contributed by atoms with van der Waals surface area (Å²) in [7, 11) is 0. The molecule has 1 atom stereocenters. The number of aryl methyl sites for hydroxylation is 1. The van der Waals surface area contributed by atoms with Gasteiger partial charge in [0.05, 0.1) is 0 Å². The molecule has 0 bridgehead atoms. The van der Waals surface area contributed by atoms with Crippen LogP contribution in [0.3, 0.4) is 0 Å². The lowest BCUT2D eigenvalue weighted by Crippen LogP contribution is -2.12. The zero-order valence-corrected chi connectivity index (χ0v) is 9.57. The van der Waals surface area contributed by atoms with Gasteiger partial charge in [0, 0.05) is 12.4 Å². The fourth-order valence-corrected chi connectivity index (χ4v) is 2.60. The van der Waals surface area contributed by atoms with Gasteiger partial charge in [0.15, 0.2) is 0 Å². The molecule has 1 aliphatic rings. The minimum absolute atomic E-state index is 0.161. The van der Waals surface area contributed by atoms with E-state index in [0.717, 1.165) is 19.3 Å². The summed E-state index contributed by atoms with van der Waals surface area (Å²) >= 11 is 0. The molecule has 0 amide bonds. The Morgan fingerprint density at radius 1 is 1.06 bits per heavy atom. The van der Waals surface area contributed by atoms with Crippen molar-refractivity contribution in [3.63, 3.8) is 0 Å². The van der Waals surface area contributed by atoms with E-state index in [-0.39, 0.29) is 5.82 Å². The number of aromatic nitrogens is 1. The van der Waals surface area contributed by atoms with E-state index < -0.39 is 0 Å². The van der Waals surface area contributed by atoms with Gasteiger partial charge < -0.3 is 0 Å². The van der Waals surface area contributed by atoms with Crippen molar-refractivity contribution in [2.24, 2.45) is 0 Å². The summed E-state index contributed by atoms with van der Waals surface area (Å²) in [5, 5.41) is 0. The second-order valence-corrected chi connectivity index (χ2v) is 4.64. The lowest BCUT2D eigenvalue weighted by atomic mass is 9.81. The number of fused-ring (bicyclic) bond motifs is 1. The van der Waals surface area contributed by atoms with Gasteiger partial charge in [-0.15, -0.1) is 0 Å². The molecule has 17 heavy (non-hydrogen) atoms. The van der Waals surface area contributed by atoms with Crippen molar-refractivity contribution >= 4 is 0 Å². The average Bonchev–Trinajstić information content (AvgIpc) is 2.39. The lowest BCUT2D eigenvalue weighted by Gasteiger charge is -2.24. The first-order valence-electron chi connectivity index (χ1n) is 6.00. The average molecular weight is 227 g/mol. The van der Waals surface area contributed by atoms with Crippen molar-refractivity contribution in [3.05, 3.63) is 65.2 Å². The van der Waals surface area contributed by atoms with E-state index >= 15 is 0 Å². The van der Waals surface area contributed by atoms with Gasteiger partial charge in [0.25, 0.3) is 0 Å². The number of nitrogens with zero attached hydrogens (tertiary/aromatic N) is 1. The number of rotatable bonds is 1. The second-order valence-electron chi connectivity index (χ2n) is 4.64. The Hall–Kier alpha value is -1.70. The summed E-state index contributed by atoms with van der Waals surface area (Å²) in [5.41, 5.74) is 3.99. The monoisotopic (exact) mass is 227 g/mol. The van der Waals surface area contributed by atoms with Gasteiger partial charge >= 0.3 is 0 Å². The topological polar surface area (TPSA) is 12.9 Å². The van der Waals surface area contributed by atoms with E-state index in [1.54, 1.807) is 12.1 Å². The Morgan fingerprint density at radius 2 is 1.88 bits per heavy atom. The number of pyridine rings is 1. The molecule has 0 saturated heterocycles. The molecule has 0 aliphatic heterocycles. The first-order chi connectivity index (χ1) is 8.33. The molecule has 1 heterocycles. The van der Waals surface area contributed by atoms with Crippen LogP contribution in [-0.2, 0) is 12.8 Å². The lowest BCUT2D eigenvalue weighted by molar-refractivity contribution is 0.578. The summed E-state index contributed by atoms with van der Waals surface area (Å²) in [4.78, 5) is 4.18. The number of halogens is 1. The zero-order chi connectivity index (χ0) is 11.7. The highest BCUT2D eigenvalue weighted by molar-refractivity contribution is 5.31. The molecule has 2 heteroatoms. The molecule has 0 fully saturated rings. The summed E-state index contributed by atoms with van der Waals surface area (Å²) in [6.45, 7) is 0. The van der Waals surface area contributed by atoms with Crippen molar-refractivity contribution in [1.82, 2.24) is 4.98 Å². The molecule has 1 aromatic heterocycles. The minimum Gasteiger partial charge on any atom is -0.264 e. The molecule has 1 aliphatic carbocycles. The van der Waals surface area contributed by atoms with E-state index in [0.29, 0.717) is 5.92 Å². The summed E-state index contributed by atoms with van der Waals surface area (Å²) in [6.07, 6.45) is 7.08. The third-order valence-electron chi connectivity index (χ3n) is 3.57. The summed E-state index contributed by atoms with van der Waals surface area (Å²) < 4.78 is 12.9. The first kappa shape index (κ1) is 10.5. The molecule has 0 spiro atoms. The maximum absolute atomic E-state index is 12.9. The van der Waals surface area contributed by atoms with Crippen LogP contribution in [-0.4, -0.2) is 4.98 Å². The quantitative estimate of drug-likeness (QED) is 0.726. The maximum Gasteiger partial charge on any atom is 0.123 e. The minimum atomic E-state index is -0.161. The molecule has 0 N–H and O–H groups in total. The largest absolute Gasteiger partial charge is 0.264 e. The van der Waals surface area contributed by atoms with E-state index in [9.17, 15) is 4.39 Å². The first-order valence-corrected chi connectivity index (χ1v) is 6.00. The highest BCUT2D eigenvalue weighted by Crippen LogP contribution is 2.32. The van der Waals surface area contributed by atoms with E-state index in [1.165, 1.54) is 16.7 Å². The number of hydrogen-bond donors (Lipinski definition) is 0. The smallest absolute Gasteiger partial charge is 0.123 e. The molecular weight excluding hydrogens is 213 g/mol. The maximum atomic E-state index is 12.9. The van der Waals surface area contributed by atoms with Crippen LogP contribution in [0, 0.1) is 5.82 Å². The standard InChI is InChI=1S/C15H14FN/c16-15-5-3-11(4-6-15)13-2-1-12-7-8-17-10-14(12)9-13/h3-8,10,13H,1-2,9H2. The fourth-order valence-electron chi connectivity index (χ4n) is 2.60. The Balaban J connectivity index is 1.86. The molecule has 0 saturated carbocycles. The van der Waals surface area contributed by atoms with E-state index in [4.69, 9.17) is 0 Å². The predicted octanol–water partition coefficient (Wildman–Crippen LogP) is 3.49. The molecular formula is C15H14FN. The highest BCUT2D eigenvalue weighted by atomic mass is 19.1. The summed E-state index contributed by atoms with van der Waals surface area (Å²) in [5.74, 6) is 0.346. The zero-order valence-electron chi connectivity index (χ0n) is 9.57. The van der Waals surface area contributed by atoms with Crippen LogP contribution in [0.5, 0.6) is 0 Å². The van der Waals surface area contributed by atoms with Crippen LogP contribution >= 0.6 is 0 Å². The van der Waals surface area contributed by atoms with Gasteiger partial charge in [-0.2, -0.15) is 0 Å². The van der Waals surface area contributed by atoms with Gasteiger partial charge in [-0.3, -0.25) is 4.98 Å². The molecule has 86 valence electrons. The van der Waals surface area contributed by atoms with Crippen molar-refractivity contribution in [2.45, 2.75) is 25.2 Å². The molecule has 3 rings (SSSR count). The predicted molar refractivity (Wildman–Crippen MR) is 65.4 cm³/mol. The van der Waals surface area contributed by atoms with Gasteiger partial charge in [0.2, 0.25) is 0 Å². The third kappa shape index (κ3) is 2.07. The molecule has 2 aromatic rings. The third-order valence-corrected chi connectivity index (χ3v) is 3.57. The van der Waals surface area contributed by atoms with Crippen LogP contribution in [0.15, 0.2) is 42.7 Å². The number of hydrogen-bond acceptors (Lipinski definition) is 1. The fraction of sp³-hybridized carbons (Fsp3) is 0.267. The normalized spacial score (nSPS) is 18.8. The van der Waals surface area contributed by atoms with Crippen molar-refractivity contribution < 1.29 is 4.39 Å². The van der Waals surface area contributed by atoms with Gasteiger partial charge in [0.1, 0.15) is 5.82 Å². The van der Waals surface area contributed by atoms with Crippen LogP contribution in [0.25, 0.3) is 0 Å². The Labute approximate surface area is 100 Å². The van der Waals surface area contributed by atoms with Crippen LogP contribution < -0.4 is 0 Å². The van der Waals surface area contributed by atoms with E-state index in [1.807, 2.05) is 24.5 Å². The van der Waals surface area contributed by atoms with Crippen LogP contribution in [0.4, 0.5) is 4.39 Å². The second kappa shape index (κ2) is 4.28. The highest BCUT2D eigenvalue weighted by Gasteiger charge is 2.19. The Bertz CT molecular complexity index is 519. The van der Waals surface area contributed by atoms with Crippen LogP contribution in [0.1, 0.15) is 29.0 Å². The molecule has 1 unspecified atom stereocenters. The SMILES string of the molecule is Fc1ccc(C2CCc3ccncc3C2)cc1. The molecule has 1 nitrogen and oxygen atoms in total. The van der Waals surface area contributed by atoms with Crippen molar-refractivity contribution in [3.8, 4) is 0 Å². The van der Waals surface area contributed by atoms with Gasteiger partial charge in [-0.05, 0) is 60.1 Å². The number of benzene rings is 1.